The van der Waals surface area contributed by atoms with Crippen LogP contribution in [0.5, 0.6) is 5.75 Å². The molecule has 1 N–H and O–H groups in total. The van der Waals surface area contributed by atoms with Gasteiger partial charge in [0.25, 0.3) is 0 Å². The second kappa shape index (κ2) is 7.68. The van der Waals surface area contributed by atoms with Crippen molar-refractivity contribution in [3.05, 3.63) is 101 Å². The fraction of sp³-hybridized carbons (Fsp3) is 0.167. The lowest BCUT2D eigenvalue weighted by atomic mass is 9.98. The first-order chi connectivity index (χ1) is 13.2. The van der Waals surface area contributed by atoms with Gasteiger partial charge < -0.3 is 14.8 Å². The first-order valence-corrected chi connectivity index (χ1v) is 9.12. The first-order valence-electron chi connectivity index (χ1n) is 9.12. The molecular weight excluding hydrogens is 334 g/mol. The Morgan fingerprint density at radius 1 is 0.926 bits per heavy atom. The molecule has 0 amide bonds. The van der Waals surface area contributed by atoms with Crippen LogP contribution in [0.25, 0.3) is 5.70 Å². The third-order valence-corrected chi connectivity index (χ3v) is 4.75. The van der Waals surface area contributed by atoms with Crippen LogP contribution in [0.1, 0.15) is 28.4 Å². The highest BCUT2D eigenvalue weighted by atomic mass is 16.5. The highest BCUT2D eigenvalue weighted by Crippen LogP contribution is 2.38. The molecule has 136 valence electrons. The zero-order valence-electron chi connectivity index (χ0n) is 15.6. The molecule has 0 saturated heterocycles. The Bertz CT molecular complexity index is 963. The predicted octanol–water partition coefficient (Wildman–Crippen LogP) is 5.73. The van der Waals surface area contributed by atoms with Crippen molar-refractivity contribution in [2.24, 2.45) is 0 Å². The minimum absolute atomic E-state index is 0.146. The summed E-state index contributed by atoms with van der Waals surface area (Å²) >= 11 is 0. The minimum atomic E-state index is -0.146. The summed E-state index contributed by atoms with van der Waals surface area (Å²) in [6.45, 7) is 2.66. The Balaban J connectivity index is 1.68. The van der Waals surface area contributed by atoms with E-state index in [1.165, 1.54) is 5.56 Å². The largest absolute Gasteiger partial charge is 0.497 e. The molecule has 0 radical (unpaired) electrons. The van der Waals surface area contributed by atoms with Gasteiger partial charge in [0, 0.05) is 16.9 Å². The van der Waals surface area contributed by atoms with E-state index in [1.807, 2.05) is 30.3 Å². The van der Waals surface area contributed by atoms with Gasteiger partial charge in [0.05, 0.1) is 13.7 Å². The molecule has 1 aliphatic heterocycles. The summed E-state index contributed by atoms with van der Waals surface area (Å²) in [5.41, 5.74) is 6.75. The van der Waals surface area contributed by atoms with E-state index < -0.39 is 0 Å². The van der Waals surface area contributed by atoms with E-state index in [-0.39, 0.29) is 6.10 Å². The molecule has 0 aromatic heterocycles. The SMILES string of the molecule is COc1ccc2c(c1)C(OCc1ccccc1)C=C(c1cccc(C)c1)N2. The van der Waals surface area contributed by atoms with E-state index in [2.05, 4.69) is 60.8 Å². The van der Waals surface area contributed by atoms with Gasteiger partial charge in [0.2, 0.25) is 0 Å². The Morgan fingerprint density at radius 2 is 1.78 bits per heavy atom. The molecule has 0 saturated carbocycles. The standard InChI is InChI=1S/C24H23NO2/c1-17-7-6-10-19(13-17)23-15-24(27-16-18-8-4-3-5-9-18)21-14-20(26-2)11-12-22(21)25-23/h3-15,24-25H,16H2,1-2H3. The normalized spacial score (nSPS) is 15.5. The maximum absolute atomic E-state index is 6.31. The molecule has 3 aromatic rings. The lowest BCUT2D eigenvalue weighted by molar-refractivity contribution is 0.0718. The lowest BCUT2D eigenvalue weighted by Gasteiger charge is -2.27. The van der Waals surface area contributed by atoms with E-state index in [4.69, 9.17) is 9.47 Å². The number of anilines is 1. The van der Waals surface area contributed by atoms with Gasteiger partial charge in [0.15, 0.2) is 0 Å². The van der Waals surface area contributed by atoms with Crippen LogP contribution in [0.4, 0.5) is 5.69 Å². The maximum Gasteiger partial charge on any atom is 0.119 e. The number of rotatable bonds is 5. The van der Waals surface area contributed by atoms with Crippen molar-refractivity contribution in [2.75, 3.05) is 12.4 Å². The first kappa shape index (κ1) is 17.4. The van der Waals surface area contributed by atoms with Gasteiger partial charge >= 0.3 is 0 Å². The maximum atomic E-state index is 6.31. The van der Waals surface area contributed by atoms with E-state index in [1.54, 1.807) is 7.11 Å². The Labute approximate surface area is 160 Å². The smallest absolute Gasteiger partial charge is 0.119 e. The average Bonchev–Trinajstić information content (AvgIpc) is 2.72. The molecule has 0 fully saturated rings. The van der Waals surface area contributed by atoms with Crippen molar-refractivity contribution in [1.29, 1.82) is 0 Å². The molecule has 1 unspecified atom stereocenters. The number of hydrogen-bond acceptors (Lipinski definition) is 3. The zero-order valence-corrected chi connectivity index (χ0v) is 15.6. The molecule has 4 rings (SSSR count). The highest BCUT2D eigenvalue weighted by molar-refractivity contribution is 5.82. The number of benzene rings is 3. The summed E-state index contributed by atoms with van der Waals surface area (Å²) in [6.07, 6.45) is 2.01. The van der Waals surface area contributed by atoms with Crippen LogP contribution in [-0.2, 0) is 11.3 Å². The lowest BCUT2D eigenvalue weighted by Crippen LogP contribution is -2.14. The van der Waals surface area contributed by atoms with Gasteiger partial charge in [-0.1, -0.05) is 54.1 Å². The van der Waals surface area contributed by atoms with E-state index in [0.717, 1.165) is 33.8 Å². The van der Waals surface area contributed by atoms with Gasteiger partial charge in [-0.25, -0.2) is 0 Å². The van der Waals surface area contributed by atoms with Crippen LogP contribution in [0, 0.1) is 6.92 Å². The number of aryl methyl sites for hydroxylation is 1. The summed E-state index contributed by atoms with van der Waals surface area (Å²) in [6, 6.07) is 24.8. The van der Waals surface area contributed by atoms with Gasteiger partial charge in [-0.3, -0.25) is 0 Å². The molecule has 3 heteroatoms. The summed E-state index contributed by atoms with van der Waals surface area (Å²) < 4.78 is 11.7. The molecule has 1 heterocycles. The number of fused-ring (bicyclic) bond motifs is 1. The summed E-state index contributed by atoms with van der Waals surface area (Å²) in [4.78, 5) is 0. The highest BCUT2D eigenvalue weighted by Gasteiger charge is 2.22. The van der Waals surface area contributed by atoms with Crippen LogP contribution >= 0.6 is 0 Å². The van der Waals surface area contributed by atoms with E-state index in [0.29, 0.717) is 6.61 Å². The van der Waals surface area contributed by atoms with Gasteiger partial charge in [-0.05, 0) is 48.4 Å². The fourth-order valence-electron chi connectivity index (χ4n) is 3.32. The summed E-state index contributed by atoms with van der Waals surface area (Å²) in [5.74, 6) is 0.830. The molecule has 3 aromatic carbocycles. The van der Waals surface area contributed by atoms with Crippen molar-refractivity contribution in [2.45, 2.75) is 19.6 Å². The van der Waals surface area contributed by atoms with E-state index >= 15 is 0 Å². The van der Waals surface area contributed by atoms with Crippen LogP contribution in [0.2, 0.25) is 0 Å². The van der Waals surface area contributed by atoms with Gasteiger partial charge in [-0.15, -0.1) is 0 Å². The quantitative estimate of drug-likeness (QED) is 0.633. The molecule has 0 bridgehead atoms. The molecule has 1 aliphatic rings. The van der Waals surface area contributed by atoms with Crippen LogP contribution < -0.4 is 10.1 Å². The van der Waals surface area contributed by atoms with Crippen LogP contribution in [0.15, 0.2) is 78.9 Å². The number of nitrogens with one attached hydrogen (secondary N) is 1. The second-order valence-corrected chi connectivity index (χ2v) is 6.75. The average molecular weight is 357 g/mol. The molecule has 1 atom stereocenters. The molecule has 27 heavy (non-hydrogen) atoms. The number of hydrogen-bond donors (Lipinski definition) is 1. The Hall–Kier alpha value is -3.04. The zero-order chi connectivity index (χ0) is 18.6. The van der Waals surface area contributed by atoms with Gasteiger partial charge in [0.1, 0.15) is 11.9 Å². The summed E-state index contributed by atoms with van der Waals surface area (Å²) in [7, 11) is 1.69. The van der Waals surface area contributed by atoms with Crippen LogP contribution in [-0.4, -0.2) is 7.11 Å². The monoisotopic (exact) mass is 357 g/mol. The van der Waals surface area contributed by atoms with Crippen LogP contribution in [0.3, 0.4) is 0 Å². The van der Waals surface area contributed by atoms with Crippen molar-refractivity contribution in [1.82, 2.24) is 0 Å². The molecule has 3 nitrogen and oxygen atoms in total. The van der Waals surface area contributed by atoms with Crippen molar-refractivity contribution in [3.8, 4) is 5.75 Å². The minimum Gasteiger partial charge on any atom is -0.497 e. The molecule has 0 spiro atoms. The number of methoxy groups -OCH3 is 1. The Kier molecular flexibility index (Phi) is 4.95. The van der Waals surface area contributed by atoms with Crippen molar-refractivity contribution in [3.63, 3.8) is 0 Å². The third kappa shape index (κ3) is 3.88. The third-order valence-electron chi connectivity index (χ3n) is 4.75. The fourth-order valence-corrected chi connectivity index (χ4v) is 3.32. The molecular formula is C24H23NO2. The summed E-state index contributed by atoms with van der Waals surface area (Å²) in [5, 5.41) is 3.55. The predicted molar refractivity (Wildman–Crippen MR) is 110 cm³/mol. The number of ether oxygens (including phenoxy) is 2. The van der Waals surface area contributed by atoms with Crippen molar-refractivity contribution >= 4 is 11.4 Å². The Morgan fingerprint density at radius 3 is 2.56 bits per heavy atom. The second-order valence-electron chi connectivity index (χ2n) is 6.75. The van der Waals surface area contributed by atoms with E-state index in [9.17, 15) is 0 Å². The van der Waals surface area contributed by atoms with Crippen molar-refractivity contribution < 1.29 is 9.47 Å². The molecule has 0 aliphatic carbocycles. The topological polar surface area (TPSA) is 30.5 Å². The van der Waals surface area contributed by atoms with Gasteiger partial charge in [-0.2, -0.15) is 0 Å².